The van der Waals surface area contributed by atoms with Gasteiger partial charge in [0, 0.05) is 47.4 Å². The molecule has 0 aliphatic carbocycles. The first-order valence-corrected chi connectivity index (χ1v) is 11.3. The number of hydrogen-bond acceptors (Lipinski definition) is 6. The van der Waals surface area contributed by atoms with Crippen LogP contribution in [-0.4, -0.2) is 43.8 Å². The molecule has 3 heterocycles. The maximum atomic E-state index is 11.1. The van der Waals surface area contributed by atoms with Gasteiger partial charge in [-0.2, -0.15) is 10.2 Å². The quantitative estimate of drug-likeness (QED) is 0.419. The van der Waals surface area contributed by atoms with Gasteiger partial charge in [-0.3, -0.25) is 9.69 Å². The van der Waals surface area contributed by atoms with Crippen molar-refractivity contribution in [3.05, 3.63) is 58.8 Å². The van der Waals surface area contributed by atoms with Crippen molar-refractivity contribution in [2.45, 2.75) is 39.8 Å². The van der Waals surface area contributed by atoms with Crippen molar-refractivity contribution in [2.75, 3.05) is 13.1 Å². The van der Waals surface area contributed by atoms with Crippen LogP contribution in [0.3, 0.4) is 0 Å². The Morgan fingerprint density at radius 3 is 2.80 bits per heavy atom. The maximum Gasteiger partial charge on any atom is 0.317 e. The molecule has 4 aromatic rings. The number of halogens is 1. The van der Waals surface area contributed by atoms with Crippen molar-refractivity contribution in [3.63, 3.8) is 0 Å². The fourth-order valence-electron chi connectivity index (χ4n) is 4.82. The Bertz CT molecular complexity index is 1460. The van der Waals surface area contributed by atoms with Gasteiger partial charge in [-0.1, -0.05) is 17.3 Å². The molecular formula is C26H26ClN5O3. The highest BCUT2D eigenvalue weighted by Crippen LogP contribution is 2.33. The first-order chi connectivity index (χ1) is 16.4. The lowest BCUT2D eigenvalue weighted by Crippen LogP contribution is -2.35. The van der Waals surface area contributed by atoms with Crippen LogP contribution in [0.2, 0.25) is 0 Å². The molecule has 1 aliphatic heterocycles. The topological polar surface area (TPSA) is 108 Å². The standard InChI is InChI=1S/C26H25N5O3.ClH/c1-15(2)31-13-19(11-27)22-10-17(5-7-23(22)31)26-28-25(29-34-26)21-6-4-18-12-30(14-24(32)33)9-8-20(18)16(21)3;/h4-7,10,13,15H,8-9,12,14H2,1-3H3,(H,32,33);1H. The highest BCUT2D eigenvalue weighted by atomic mass is 35.5. The third-order valence-electron chi connectivity index (χ3n) is 6.55. The van der Waals surface area contributed by atoms with E-state index in [1.165, 1.54) is 5.56 Å². The zero-order chi connectivity index (χ0) is 24.0. The molecule has 0 spiro atoms. The summed E-state index contributed by atoms with van der Waals surface area (Å²) < 4.78 is 7.71. The predicted molar refractivity (Wildman–Crippen MR) is 134 cm³/mol. The summed E-state index contributed by atoms with van der Waals surface area (Å²) in [6.07, 6.45) is 2.67. The van der Waals surface area contributed by atoms with E-state index in [0.29, 0.717) is 30.4 Å². The average molecular weight is 492 g/mol. The van der Waals surface area contributed by atoms with Gasteiger partial charge in [-0.25, -0.2) is 0 Å². The smallest absolute Gasteiger partial charge is 0.317 e. The second-order valence-corrected chi connectivity index (χ2v) is 9.04. The number of nitriles is 1. The average Bonchev–Trinajstić information content (AvgIpc) is 3.43. The summed E-state index contributed by atoms with van der Waals surface area (Å²) in [7, 11) is 0. The van der Waals surface area contributed by atoms with Crippen LogP contribution in [0, 0.1) is 18.3 Å². The van der Waals surface area contributed by atoms with Crippen LogP contribution in [0.25, 0.3) is 33.7 Å². The van der Waals surface area contributed by atoms with E-state index in [9.17, 15) is 10.1 Å². The van der Waals surface area contributed by atoms with Crippen LogP contribution < -0.4 is 0 Å². The summed E-state index contributed by atoms with van der Waals surface area (Å²) in [5, 5.41) is 23.8. The van der Waals surface area contributed by atoms with Gasteiger partial charge in [0.25, 0.3) is 5.89 Å². The van der Waals surface area contributed by atoms with Gasteiger partial charge < -0.3 is 14.2 Å². The zero-order valence-corrected chi connectivity index (χ0v) is 20.6. The number of fused-ring (bicyclic) bond motifs is 2. The molecule has 0 fully saturated rings. The Kier molecular flexibility index (Phi) is 6.66. The van der Waals surface area contributed by atoms with Gasteiger partial charge in [0.15, 0.2) is 0 Å². The van der Waals surface area contributed by atoms with E-state index in [1.54, 1.807) is 0 Å². The van der Waals surface area contributed by atoms with Gasteiger partial charge in [0.05, 0.1) is 12.1 Å². The third-order valence-corrected chi connectivity index (χ3v) is 6.55. The lowest BCUT2D eigenvalue weighted by molar-refractivity contribution is -0.138. The molecule has 0 amide bonds. The van der Waals surface area contributed by atoms with Crippen LogP contribution in [-0.2, 0) is 17.8 Å². The molecule has 1 N–H and O–H groups in total. The number of carboxylic acids is 1. The lowest BCUT2D eigenvalue weighted by Gasteiger charge is -2.28. The van der Waals surface area contributed by atoms with E-state index in [0.717, 1.165) is 39.6 Å². The Morgan fingerprint density at radius 1 is 1.29 bits per heavy atom. The van der Waals surface area contributed by atoms with Crippen molar-refractivity contribution >= 4 is 29.3 Å². The molecule has 8 nitrogen and oxygen atoms in total. The van der Waals surface area contributed by atoms with Crippen LogP contribution in [0.1, 0.15) is 42.1 Å². The van der Waals surface area contributed by atoms with Gasteiger partial charge in [-0.05, 0) is 62.1 Å². The minimum atomic E-state index is -0.808. The predicted octanol–water partition coefficient (Wildman–Crippen LogP) is 4.98. The molecule has 0 bridgehead atoms. The summed E-state index contributed by atoms with van der Waals surface area (Å²) in [6, 6.07) is 12.4. The maximum absolute atomic E-state index is 11.1. The molecule has 0 saturated heterocycles. The van der Waals surface area contributed by atoms with Crippen molar-refractivity contribution in [1.29, 1.82) is 5.26 Å². The molecule has 2 aromatic carbocycles. The zero-order valence-electron chi connectivity index (χ0n) is 19.8. The van der Waals surface area contributed by atoms with Gasteiger partial charge in [0.1, 0.15) is 6.07 Å². The van der Waals surface area contributed by atoms with E-state index in [-0.39, 0.29) is 25.0 Å². The SMILES string of the molecule is Cc1c(-c2noc(-c3ccc4c(c3)c(C#N)cn4C(C)C)n2)ccc2c1CCN(CC(=O)O)C2.Cl. The molecule has 180 valence electrons. The molecule has 0 radical (unpaired) electrons. The molecule has 2 aromatic heterocycles. The lowest BCUT2D eigenvalue weighted by atomic mass is 9.91. The number of carbonyl (C=O) groups is 1. The number of aliphatic carboxylic acids is 1. The van der Waals surface area contributed by atoms with Crippen molar-refractivity contribution in [2.24, 2.45) is 0 Å². The summed E-state index contributed by atoms with van der Waals surface area (Å²) in [5.41, 5.74) is 6.75. The second kappa shape index (κ2) is 9.53. The van der Waals surface area contributed by atoms with E-state index >= 15 is 0 Å². The normalized spacial score (nSPS) is 13.5. The van der Waals surface area contributed by atoms with Crippen LogP contribution in [0.15, 0.2) is 41.1 Å². The minimum absolute atomic E-state index is 0. The molecule has 5 rings (SSSR count). The van der Waals surface area contributed by atoms with Crippen LogP contribution in [0.4, 0.5) is 0 Å². The number of rotatable bonds is 5. The van der Waals surface area contributed by atoms with Crippen molar-refractivity contribution < 1.29 is 14.4 Å². The fraction of sp³-hybridized carbons (Fsp3) is 0.308. The number of benzene rings is 2. The Labute approximate surface area is 209 Å². The fourth-order valence-corrected chi connectivity index (χ4v) is 4.82. The Hall–Kier alpha value is -3.67. The van der Waals surface area contributed by atoms with E-state index < -0.39 is 5.97 Å². The number of hydrogen-bond donors (Lipinski definition) is 1. The molecule has 1 aliphatic rings. The molecule has 9 heteroatoms. The van der Waals surface area contributed by atoms with Crippen molar-refractivity contribution in [1.82, 2.24) is 19.6 Å². The number of nitrogens with zero attached hydrogens (tertiary/aromatic N) is 5. The van der Waals surface area contributed by atoms with Gasteiger partial charge in [0.2, 0.25) is 5.82 Å². The van der Waals surface area contributed by atoms with E-state index in [4.69, 9.17) is 9.63 Å². The Balaban J connectivity index is 0.00000289. The van der Waals surface area contributed by atoms with Gasteiger partial charge >= 0.3 is 5.97 Å². The van der Waals surface area contributed by atoms with Crippen LogP contribution in [0.5, 0.6) is 0 Å². The van der Waals surface area contributed by atoms with Crippen LogP contribution >= 0.6 is 12.4 Å². The van der Waals surface area contributed by atoms with E-state index in [2.05, 4.69) is 41.5 Å². The first kappa shape index (κ1) is 24.5. The van der Waals surface area contributed by atoms with Crippen molar-refractivity contribution in [3.8, 4) is 28.9 Å². The molecule has 0 atom stereocenters. The summed E-state index contributed by atoms with van der Waals surface area (Å²) >= 11 is 0. The molecular weight excluding hydrogens is 466 g/mol. The first-order valence-electron chi connectivity index (χ1n) is 11.3. The summed E-state index contributed by atoms with van der Waals surface area (Å²) in [5.74, 6) is 0.114. The molecule has 0 saturated carbocycles. The highest BCUT2D eigenvalue weighted by Gasteiger charge is 2.23. The Morgan fingerprint density at radius 2 is 2.09 bits per heavy atom. The second-order valence-electron chi connectivity index (χ2n) is 9.04. The van der Waals surface area contributed by atoms with E-state index in [1.807, 2.05) is 41.4 Å². The largest absolute Gasteiger partial charge is 0.480 e. The minimum Gasteiger partial charge on any atom is -0.480 e. The highest BCUT2D eigenvalue weighted by molar-refractivity contribution is 5.90. The molecule has 35 heavy (non-hydrogen) atoms. The van der Waals surface area contributed by atoms with Gasteiger partial charge in [-0.15, -0.1) is 12.4 Å². The number of aromatic nitrogens is 3. The molecule has 0 unspecified atom stereocenters. The monoisotopic (exact) mass is 491 g/mol. The summed E-state index contributed by atoms with van der Waals surface area (Å²) in [4.78, 5) is 17.7. The number of carboxylic acid groups (broad SMARTS) is 1. The summed E-state index contributed by atoms with van der Waals surface area (Å²) in [6.45, 7) is 7.60. The third kappa shape index (κ3) is 4.41.